The van der Waals surface area contributed by atoms with Crippen LogP contribution >= 0.6 is 24.0 Å². The molecule has 0 spiro atoms. The molecule has 2 heterocycles. The minimum atomic E-state index is -0.201. The quantitative estimate of drug-likeness (QED) is 0.354. The molecule has 1 aromatic heterocycles. The molecule has 1 aromatic carbocycles. The summed E-state index contributed by atoms with van der Waals surface area (Å²) in [6.07, 6.45) is 0. The topological polar surface area (TPSA) is 57.9 Å². The summed E-state index contributed by atoms with van der Waals surface area (Å²) < 4.78 is 20.3. The molecular weight excluding hydrogens is 498 g/mol. The Morgan fingerprint density at radius 1 is 1.17 bits per heavy atom. The first kappa shape index (κ1) is 24.4. The zero-order valence-electron chi connectivity index (χ0n) is 18.2. The van der Waals surface area contributed by atoms with E-state index < -0.39 is 0 Å². The Kier molecular flexibility index (Phi) is 9.35. The van der Waals surface area contributed by atoms with Crippen molar-refractivity contribution in [3.05, 3.63) is 47.0 Å². The van der Waals surface area contributed by atoms with Crippen LogP contribution < -0.4 is 10.2 Å². The van der Waals surface area contributed by atoms with E-state index >= 15 is 0 Å². The maximum Gasteiger partial charge on any atom is 0.194 e. The number of rotatable bonds is 6. The van der Waals surface area contributed by atoms with Crippen LogP contribution in [0.4, 0.5) is 10.1 Å². The Morgan fingerprint density at radius 3 is 2.43 bits per heavy atom. The van der Waals surface area contributed by atoms with Gasteiger partial charge in [0, 0.05) is 63.8 Å². The second kappa shape index (κ2) is 11.5. The van der Waals surface area contributed by atoms with E-state index in [1.807, 2.05) is 30.8 Å². The van der Waals surface area contributed by atoms with Crippen LogP contribution in [-0.2, 0) is 17.8 Å². The number of ether oxygens (including phenoxy) is 1. The molecule has 30 heavy (non-hydrogen) atoms. The molecule has 0 amide bonds. The molecule has 0 atom stereocenters. The summed E-state index contributed by atoms with van der Waals surface area (Å²) in [4.78, 5) is 9.01. The van der Waals surface area contributed by atoms with Crippen molar-refractivity contribution in [3.8, 4) is 0 Å². The van der Waals surface area contributed by atoms with Gasteiger partial charge in [-0.2, -0.15) is 5.10 Å². The third-order valence-electron chi connectivity index (χ3n) is 5.44. The highest BCUT2D eigenvalue weighted by molar-refractivity contribution is 14.0. The van der Waals surface area contributed by atoms with E-state index in [0.29, 0.717) is 13.2 Å². The third-order valence-corrected chi connectivity index (χ3v) is 5.44. The lowest BCUT2D eigenvalue weighted by atomic mass is 10.2. The number of nitrogens with zero attached hydrogens (tertiary/aromatic N) is 5. The molecule has 7 nitrogen and oxygen atoms in total. The zero-order valence-corrected chi connectivity index (χ0v) is 20.5. The summed E-state index contributed by atoms with van der Waals surface area (Å²) in [5.74, 6) is 0.695. The van der Waals surface area contributed by atoms with Crippen LogP contribution in [0, 0.1) is 19.7 Å². The van der Waals surface area contributed by atoms with Gasteiger partial charge in [0.05, 0.1) is 18.8 Å². The number of aryl methyl sites for hydroxylation is 1. The molecule has 0 radical (unpaired) electrons. The van der Waals surface area contributed by atoms with Gasteiger partial charge in [0.2, 0.25) is 0 Å². The zero-order chi connectivity index (χ0) is 20.8. The van der Waals surface area contributed by atoms with E-state index in [4.69, 9.17) is 4.74 Å². The lowest BCUT2D eigenvalue weighted by Crippen LogP contribution is -2.52. The fraction of sp³-hybridized carbons (Fsp3) is 0.524. The number of aliphatic imine (C=N–C) groups is 1. The van der Waals surface area contributed by atoms with Gasteiger partial charge < -0.3 is 19.9 Å². The van der Waals surface area contributed by atoms with Gasteiger partial charge in [-0.25, -0.2) is 4.39 Å². The first-order chi connectivity index (χ1) is 14.0. The molecule has 166 valence electrons. The fourth-order valence-electron chi connectivity index (χ4n) is 3.71. The number of hydrogen-bond acceptors (Lipinski definition) is 4. The maximum atomic E-state index is 13.1. The second-order valence-electron chi connectivity index (χ2n) is 7.22. The van der Waals surface area contributed by atoms with Crippen LogP contribution in [0.1, 0.15) is 17.0 Å². The number of nitrogens with one attached hydrogen (secondary N) is 1. The molecule has 0 aliphatic carbocycles. The average Bonchev–Trinajstić information content (AvgIpc) is 3.01. The Labute approximate surface area is 195 Å². The Balaban J connectivity index is 0.00000320. The number of guanidine groups is 1. The van der Waals surface area contributed by atoms with Gasteiger partial charge in [-0.3, -0.25) is 9.67 Å². The number of benzene rings is 1. The van der Waals surface area contributed by atoms with E-state index in [1.165, 1.54) is 17.7 Å². The number of halogens is 2. The Hall–Kier alpha value is -1.88. The smallest absolute Gasteiger partial charge is 0.194 e. The molecule has 3 rings (SSSR count). The van der Waals surface area contributed by atoms with Gasteiger partial charge in [-0.15, -0.1) is 24.0 Å². The molecule has 1 saturated heterocycles. The number of piperazine rings is 1. The molecule has 0 unspecified atom stereocenters. The predicted molar refractivity (Wildman–Crippen MR) is 129 cm³/mol. The summed E-state index contributed by atoms with van der Waals surface area (Å²) in [7, 11) is 3.52. The number of aromatic nitrogens is 2. The van der Waals surface area contributed by atoms with Crippen LogP contribution in [0.15, 0.2) is 29.3 Å². The predicted octanol–water partition coefficient (Wildman–Crippen LogP) is 2.80. The van der Waals surface area contributed by atoms with Gasteiger partial charge in [-0.1, -0.05) is 0 Å². The third kappa shape index (κ3) is 5.84. The largest absolute Gasteiger partial charge is 0.383 e. The van der Waals surface area contributed by atoms with Crippen molar-refractivity contribution < 1.29 is 9.13 Å². The SMILES string of the molecule is CN=C(NCc1c(C)nn(CCOC)c1C)N1CCN(c2ccc(F)cc2)CC1.I. The highest BCUT2D eigenvalue weighted by atomic mass is 127. The van der Waals surface area contributed by atoms with Crippen LogP contribution in [0.3, 0.4) is 0 Å². The molecule has 1 aliphatic heterocycles. The number of anilines is 1. The van der Waals surface area contributed by atoms with E-state index in [9.17, 15) is 4.39 Å². The van der Waals surface area contributed by atoms with Gasteiger partial charge in [0.15, 0.2) is 5.96 Å². The van der Waals surface area contributed by atoms with Crippen molar-refractivity contribution >= 4 is 35.6 Å². The van der Waals surface area contributed by atoms with Crippen molar-refractivity contribution in [1.82, 2.24) is 20.0 Å². The van der Waals surface area contributed by atoms with Gasteiger partial charge in [0.1, 0.15) is 5.82 Å². The molecule has 2 aromatic rings. The average molecular weight is 530 g/mol. The lowest BCUT2D eigenvalue weighted by Gasteiger charge is -2.37. The summed E-state index contributed by atoms with van der Waals surface area (Å²) in [5.41, 5.74) is 4.45. The van der Waals surface area contributed by atoms with E-state index in [-0.39, 0.29) is 29.8 Å². The highest BCUT2D eigenvalue weighted by Gasteiger charge is 2.20. The molecule has 9 heteroatoms. The highest BCUT2D eigenvalue weighted by Crippen LogP contribution is 2.17. The monoisotopic (exact) mass is 530 g/mol. The van der Waals surface area contributed by atoms with Crippen molar-refractivity contribution in [1.29, 1.82) is 0 Å². The minimum Gasteiger partial charge on any atom is -0.383 e. The van der Waals surface area contributed by atoms with E-state index in [1.54, 1.807) is 7.11 Å². The molecule has 1 fully saturated rings. The van der Waals surface area contributed by atoms with Crippen molar-refractivity contribution in [3.63, 3.8) is 0 Å². The Morgan fingerprint density at radius 2 is 1.83 bits per heavy atom. The summed E-state index contributed by atoms with van der Waals surface area (Å²) in [5, 5.41) is 8.12. The summed E-state index contributed by atoms with van der Waals surface area (Å²) >= 11 is 0. The van der Waals surface area contributed by atoms with E-state index in [2.05, 4.69) is 32.1 Å². The summed E-state index contributed by atoms with van der Waals surface area (Å²) in [6, 6.07) is 6.70. The summed E-state index contributed by atoms with van der Waals surface area (Å²) in [6.45, 7) is 9.70. The first-order valence-corrected chi connectivity index (χ1v) is 10.0. The molecule has 1 N–H and O–H groups in total. The molecule has 0 saturated carbocycles. The number of hydrogen-bond donors (Lipinski definition) is 1. The lowest BCUT2D eigenvalue weighted by molar-refractivity contribution is 0.182. The van der Waals surface area contributed by atoms with Crippen LogP contribution in [0.5, 0.6) is 0 Å². The van der Waals surface area contributed by atoms with Gasteiger partial charge in [0.25, 0.3) is 0 Å². The van der Waals surface area contributed by atoms with Crippen molar-refractivity contribution in [2.75, 3.05) is 51.8 Å². The van der Waals surface area contributed by atoms with E-state index in [0.717, 1.165) is 55.8 Å². The van der Waals surface area contributed by atoms with Crippen LogP contribution in [-0.4, -0.2) is 67.6 Å². The van der Waals surface area contributed by atoms with Gasteiger partial charge >= 0.3 is 0 Å². The fourth-order valence-corrected chi connectivity index (χ4v) is 3.71. The molecular formula is C21H32FIN6O. The van der Waals surface area contributed by atoms with Crippen LogP contribution in [0.2, 0.25) is 0 Å². The van der Waals surface area contributed by atoms with Crippen molar-refractivity contribution in [2.24, 2.45) is 4.99 Å². The second-order valence-corrected chi connectivity index (χ2v) is 7.22. The minimum absolute atomic E-state index is 0. The molecule has 1 aliphatic rings. The Bertz CT molecular complexity index is 831. The maximum absolute atomic E-state index is 13.1. The first-order valence-electron chi connectivity index (χ1n) is 10.0. The number of methoxy groups -OCH3 is 1. The van der Waals surface area contributed by atoms with Gasteiger partial charge in [-0.05, 0) is 38.1 Å². The standard InChI is InChI=1S/C21H31FN6O.HI/c1-16-20(17(2)28(25-16)13-14-29-4)15-24-21(23-3)27-11-9-26(10-12-27)19-7-5-18(22)6-8-19;/h5-8H,9-15H2,1-4H3,(H,23,24);1H. The van der Waals surface area contributed by atoms with Crippen LogP contribution in [0.25, 0.3) is 0 Å². The normalized spacial score (nSPS) is 14.6. The van der Waals surface area contributed by atoms with Crippen molar-refractivity contribution in [2.45, 2.75) is 26.9 Å². The molecule has 0 bridgehead atoms.